The maximum Gasteiger partial charge on any atom is 0.309 e. The van der Waals surface area contributed by atoms with Crippen molar-refractivity contribution in [2.75, 3.05) is 20.1 Å². The van der Waals surface area contributed by atoms with Gasteiger partial charge in [-0.25, -0.2) is 0 Å². The highest BCUT2D eigenvalue weighted by Gasteiger charge is 2.28. The van der Waals surface area contributed by atoms with E-state index in [-0.39, 0.29) is 6.10 Å². The highest BCUT2D eigenvalue weighted by Crippen LogP contribution is 2.25. The first-order chi connectivity index (χ1) is 8.87. The number of benzene rings is 1. The van der Waals surface area contributed by atoms with Crippen LogP contribution in [-0.4, -0.2) is 42.2 Å². The summed E-state index contributed by atoms with van der Waals surface area (Å²) in [6.45, 7) is 5.38. The summed E-state index contributed by atoms with van der Waals surface area (Å²) in [6, 6.07) is 7.74. The van der Waals surface area contributed by atoms with Crippen LogP contribution in [0.1, 0.15) is 19.4 Å². The van der Waals surface area contributed by atoms with Crippen LogP contribution in [0.5, 0.6) is 5.75 Å². The van der Waals surface area contributed by atoms with E-state index in [2.05, 4.69) is 11.9 Å². The number of likely N-dealkylation sites (tertiary alicyclic amines) is 1. The van der Waals surface area contributed by atoms with Crippen molar-refractivity contribution in [3.63, 3.8) is 0 Å². The molecule has 0 radical (unpaired) electrons. The van der Waals surface area contributed by atoms with Gasteiger partial charge in [0.2, 0.25) is 0 Å². The van der Waals surface area contributed by atoms with Crippen LogP contribution in [0.4, 0.5) is 0 Å². The van der Waals surface area contributed by atoms with Crippen molar-refractivity contribution in [1.29, 1.82) is 0 Å². The van der Waals surface area contributed by atoms with Gasteiger partial charge in [-0.15, -0.1) is 0 Å². The number of rotatable bonds is 5. The van der Waals surface area contributed by atoms with Crippen LogP contribution >= 0.6 is 0 Å². The molecule has 4 nitrogen and oxygen atoms in total. The standard InChI is InChI=1S/C15H21NO3/c1-15(2,14(17)18)8-11-5-4-6-12(7-11)19-13-9-16(3)10-13/h4-7,13H,8-10H2,1-3H3,(H,17,18). The number of nitrogens with zero attached hydrogens (tertiary/aromatic N) is 1. The molecule has 0 aliphatic carbocycles. The first-order valence-electron chi connectivity index (χ1n) is 6.54. The molecular formula is C15H21NO3. The molecule has 104 valence electrons. The van der Waals surface area contributed by atoms with Crippen molar-refractivity contribution >= 4 is 5.97 Å². The molecule has 0 saturated carbocycles. The van der Waals surface area contributed by atoms with Crippen LogP contribution in [-0.2, 0) is 11.2 Å². The molecule has 1 saturated heterocycles. The van der Waals surface area contributed by atoms with E-state index in [0.717, 1.165) is 24.4 Å². The van der Waals surface area contributed by atoms with E-state index in [4.69, 9.17) is 9.84 Å². The topological polar surface area (TPSA) is 49.8 Å². The van der Waals surface area contributed by atoms with Crippen LogP contribution < -0.4 is 4.74 Å². The van der Waals surface area contributed by atoms with Gasteiger partial charge in [-0.3, -0.25) is 9.69 Å². The van der Waals surface area contributed by atoms with Crippen molar-refractivity contribution < 1.29 is 14.6 Å². The van der Waals surface area contributed by atoms with Gasteiger partial charge in [0.05, 0.1) is 5.41 Å². The van der Waals surface area contributed by atoms with E-state index in [9.17, 15) is 4.79 Å². The number of carboxylic acid groups (broad SMARTS) is 1. The van der Waals surface area contributed by atoms with Crippen molar-refractivity contribution in [3.05, 3.63) is 29.8 Å². The third-order valence-electron chi connectivity index (χ3n) is 3.46. The smallest absolute Gasteiger partial charge is 0.309 e. The van der Waals surface area contributed by atoms with Gasteiger partial charge in [-0.2, -0.15) is 0 Å². The van der Waals surface area contributed by atoms with Gasteiger partial charge >= 0.3 is 5.97 Å². The monoisotopic (exact) mass is 263 g/mol. The molecule has 1 aromatic rings. The molecule has 1 aliphatic rings. The van der Waals surface area contributed by atoms with Crippen LogP contribution in [0.3, 0.4) is 0 Å². The SMILES string of the molecule is CN1CC(Oc2cccc(CC(C)(C)C(=O)O)c2)C1. The van der Waals surface area contributed by atoms with E-state index in [1.165, 1.54) is 0 Å². The van der Waals surface area contributed by atoms with Crippen LogP contribution in [0, 0.1) is 5.41 Å². The summed E-state index contributed by atoms with van der Waals surface area (Å²) in [6.07, 6.45) is 0.761. The second-order valence-corrected chi connectivity index (χ2v) is 5.97. The highest BCUT2D eigenvalue weighted by molar-refractivity contribution is 5.74. The molecule has 2 rings (SSSR count). The molecule has 0 aromatic heterocycles. The van der Waals surface area contributed by atoms with Gasteiger partial charge in [0.1, 0.15) is 11.9 Å². The van der Waals surface area contributed by atoms with Gasteiger partial charge in [-0.05, 0) is 45.0 Å². The minimum atomic E-state index is -0.778. The maximum absolute atomic E-state index is 11.1. The molecular weight excluding hydrogens is 242 g/mol. The average molecular weight is 263 g/mol. The van der Waals surface area contributed by atoms with Crippen molar-refractivity contribution in [3.8, 4) is 5.75 Å². The van der Waals surface area contributed by atoms with Crippen LogP contribution in [0.2, 0.25) is 0 Å². The van der Waals surface area contributed by atoms with Crippen LogP contribution in [0.15, 0.2) is 24.3 Å². The number of hydrogen-bond acceptors (Lipinski definition) is 3. The molecule has 0 spiro atoms. The molecule has 1 aromatic carbocycles. The fraction of sp³-hybridized carbons (Fsp3) is 0.533. The summed E-state index contributed by atoms with van der Waals surface area (Å²) < 4.78 is 5.85. The molecule has 0 amide bonds. The Morgan fingerprint density at radius 1 is 1.47 bits per heavy atom. The van der Waals surface area contributed by atoms with Gasteiger partial charge in [-0.1, -0.05) is 12.1 Å². The van der Waals surface area contributed by atoms with Gasteiger partial charge in [0.25, 0.3) is 0 Å². The lowest BCUT2D eigenvalue weighted by Crippen LogP contribution is -2.51. The summed E-state index contributed by atoms with van der Waals surface area (Å²) in [5.41, 5.74) is 0.243. The summed E-state index contributed by atoms with van der Waals surface area (Å²) in [7, 11) is 2.06. The highest BCUT2D eigenvalue weighted by atomic mass is 16.5. The number of likely N-dealkylation sites (N-methyl/N-ethyl adjacent to an activating group) is 1. The number of carbonyl (C=O) groups is 1. The number of ether oxygens (including phenoxy) is 1. The minimum Gasteiger partial charge on any atom is -0.488 e. The molecule has 0 unspecified atom stereocenters. The Balaban J connectivity index is 2.01. The fourth-order valence-corrected chi connectivity index (χ4v) is 2.22. The Morgan fingerprint density at radius 3 is 2.74 bits per heavy atom. The lowest BCUT2D eigenvalue weighted by molar-refractivity contribution is -0.146. The minimum absolute atomic E-state index is 0.257. The van der Waals surface area contributed by atoms with Gasteiger partial charge in [0, 0.05) is 13.1 Å². The molecule has 0 atom stereocenters. The zero-order chi connectivity index (χ0) is 14.0. The quantitative estimate of drug-likeness (QED) is 0.883. The summed E-state index contributed by atoms with van der Waals surface area (Å²) in [5, 5.41) is 9.16. The van der Waals surface area contributed by atoms with E-state index >= 15 is 0 Å². The lowest BCUT2D eigenvalue weighted by Gasteiger charge is -2.36. The zero-order valence-corrected chi connectivity index (χ0v) is 11.7. The third kappa shape index (κ3) is 3.47. The Labute approximate surface area is 114 Å². The van der Waals surface area contributed by atoms with Crippen molar-refractivity contribution in [2.45, 2.75) is 26.4 Å². The second-order valence-electron chi connectivity index (χ2n) is 5.97. The maximum atomic E-state index is 11.1. The van der Waals surface area contributed by atoms with E-state index < -0.39 is 11.4 Å². The average Bonchev–Trinajstić information content (AvgIpc) is 2.26. The molecule has 4 heteroatoms. The molecule has 0 bridgehead atoms. The van der Waals surface area contributed by atoms with E-state index in [1.54, 1.807) is 13.8 Å². The Kier molecular flexibility index (Phi) is 3.80. The molecule has 1 heterocycles. The molecule has 1 N–H and O–H groups in total. The normalized spacial score (nSPS) is 17.0. The predicted molar refractivity (Wildman–Crippen MR) is 73.5 cm³/mol. The van der Waals surface area contributed by atoms with E-state index in [0.29, 0.717) is 6.42 Å². The van der Waals surface area contributed by atoms with Gasteiger partial charge < -0.3 is 9.84 Å². The van der Waals surface area contributed by atoms with E-state index in [1.807, 2.05) is 24.3 Å². The summed E-state index contributed by atoms with van der Waals surface area (Å²) in [5.74, 6) is 0.0521. The second kappa shape index (κ2) is 5.21. The molecule has 1 fully saturated rings. The van der Waals surface area contributed by atoms with Crippen LogP contribution in [0.25, 0.3) is 0 Å². The fourth-order valence-electron chi connectivity index (χ4n) is 2.22. The molecule has 1 aliphatic heterocycles. The number of aliphatic carboxylic acids is 1. The number of hydrogen-bond donors (Lipinski definition) is 1. The zero-order valence-electron chi connectivity index (χ0n) is 11.7. The first kappa shape index (κ1) is 13.9. The lowest BCUT2D eigenvalue weighted by atomic mass is 9.86. The van der Waals surface area contributed by atoms with Crippen molar-refractivity contribution in [2.24, 2.45) is 5.41 Å². The van der Waals surface area contributed by atoms with Gasteiger partial charge in [0.15, 0.2) is 0 Å². The Morgan fingerprint density at radius 2 is 2.16 bits per heavy atom. The number of carboxylic acids is 1. The molecule has 19 heavy (non-hydrogen) atoms. The predicted octanol–water partition coefficient (Wildman–Crippen LogP) is 2.03. The van der Waals surface area contributed by atoms with Crippen molar-refractivity contribution in [1.82, 2.24) is 4.90 Å². The summed E-state index contributed by atoms with van der Waals surface area (Å²) >= 11 is 0. The third-order valence-corrected chi connectivity index (χ3v) is 3.46. The first-order valence-corrected chi connectivity index (χ1v) is 6.54. The largest absolute Gasteiger partial charge is 0.488 e. The Bertz CT molecular complexity index is 464. The summed E-state index contributed by atoms with van der Waals surface area (Å²) in [4.78, 5) is 13.3. The Hall–Kier alpha value is -1.55.